The van der Waals surface area contributed by atoms with E-state index in [4.69, 9.17) is 0 Å². The Bertz CT molecular complexity index is 499. The standard InChI is InChI=1S/C16H17NOS/c18-16(17-15-9-5-2-6-10-15)11-12-19-13-14-7-3-1-4-8-14/h1-10H,11-13H2,(H,17,18). The van der Waals surface area contributed by atoms with E-state index in [1.165, 1.54) is 5.56 Å². The Morgan fingerprint density at radius 1 is 0.947 bits per heavy atom. The molecule has 2 aromatic carbocycles. The van der Waals surface area contributed by atoms with Gasteiger partial charge in [0.25, 0.3) is 0 Å². The lowest BCUT2D eigenvalue weighted by atomic mass is 10.2. The highest BCUT2D eigenvalue weighted by Gasteiger charge is 2.01. The number of carbonyl (C=O) groups is 1. The summed E-state index contributed by atoms with van der Waals surface area (Å²) < 4.78 is 0. The third kappa shape index (κ3) is 5.18. The summed E-state index contributed by atoms with van der Waals surface area (Å²) in [5, 5.41) is 2.89. The van der Waals surface area contributed by atoms with Crippen molar-refractivity contribution < 1.29 is 4.79 Å². The van der Waals surface area contributed by atoms with Gasteiger partial charge in [-0.15, -0.1) is 0 Å². The van der Waals surface area contributed by atoms with Crippen LogP contribution in [-0.4, -0.2) is 11.7 Å². The summed E-state index contributed by atoms with van der Waals surface area (Å²) in [4.78, 5) is 11.7. The van der Waals surface area contributed by atoms with Crippen LogP contribution in [0, 0.1) is 0 Å². The summed E-state index contributed by atoms with van der Waals surface area (Å²) >= 11 is 1.78. The van der Waals surface area contributed by atoms with Crippen molar-refractivity contribution in [2.45, 2.75) is 12.2 Å². The number of carbonyl (C=O) groups excluding carboxylic acids is 1. The number of hydrogen-bond donors (Lipinski definition) is 1. The topological polar surface area (TPSA) is 29.1 Å². The largest absolute Gasteiger partial charge is 0.326 e. The molecule has 98 valence electrons. The molecule has 3 heteroatoms. The molecule has 0 bridgehead atoms. The van der Waals surface area contributed by atoms with Crippen LogP contribution in [0.5, 0.6) is 0 Å². The molecule has 0 spiro atoms. The van der Waals surface area contributed by atoms with E-state index in [1.807, 2.05) is 48.5 Å². The summed E-state index contributed by atoms with van der Waals surface area (Å²) in [7, 11) is 0. The minimum absolute atomic E-state index is 0.0757. The van der Waals surface area contributed by atoms with Gasteiger partial charge in [-0.3, -0.25) is 4.79 Å². The average molecular weight is 271 g/mol. The van der Waals surface area contributed by atoms with E-state index in [9.17, 15) is 4.79 Å². The number of nitrogens with one attached hydrogen (secondary N) is 1. The number of anilines is 1. The Labute approximate surface area is 118 Å². The first-order valence-corrected chi connectivity index (χ1v) is 7.46. The second-order valence-corrected chi connectivity index (χ2v) is 5.31. The number of amides is 1. The van der Waals surface area contributed by atoms with Crippen LogP contribution in [0.4, 0.5) is 5.69 Å². The van der Waals surface area contributed by atoms with Gasteiger partial charge >= 0.3 is 0 Å². The SMILES string of the molecule is O=C(CCSCc1ccccc1)Nc1ccccc1. The highest BCUT2D eigenvalue weighted by atomic mass is 32.2. The fraction of sp³-hybridized carbons (Fsp3) is 0.188. The van der Waals surface area contributed by atoms with Gasteiger partial charge in [0.2, 0.25) is 5.91 Å². The molecule has 0 heterocycles. The Balaban J connectivity index is 1.65. The number of benzene rings is 2. The zero-order valence-electron chi connectivity index (χ0n) is 10.7. The highest BCUT2D eigenvalue weighted by Crippen LogP contribution is 2.13. The normalized spacial score (nSPS) is 10.1. The molecule has 0 aromatic heterocycles. The molecule has 0 saturated carbocycles. The molecule has 0 fully saturated rings. The number of rotatable bonds is 6. The van der Waals surface area contributed by atoms with Crippen molar-refractivity contribution in [2.75, 3.05) is 11.1 Å². The maximum absolute atomic E-state index is 11.7. The van der Waals surface area contributed by atoms with Gasteiger partial charge in [-0.1, -0.05) is 48.5 Å². The van der Waals surface area contributed by atoms with E-state index in [-0.39, 0.29) is 5.91 Å². The fourth-order valence-electron chi connectivity index (χ4n) is 1.67. The van der Waals surface area contributed by atoms with Gasteiger partial charge in [-0.2, -0.15) is 11.8 Å². The Kier molecular flexibility index (Phi) is 5.50. The summed E-state index contributed by atoms with van der Waals surface area (Å²) in [5.41, 5.74) is 2.16. The highest BCUT2D eigenvalue weighted by molar-refractivity contribution is 7.98. The van der Waals surface area contributed by atoms with Crippen molar-refractivity contribution in [1.29, 1.82) is 0 Å². The molecule has 2 nitrogen and oxygen atoms in total. The lowest BCUT2D eigenvalue weighted by Crippen LogP contribution is -2.11. The van der Waals surface area contributed by atoms with Crippen LogP contribution < -0.4 is 5.32 Å². The van der Waals surface area contributed by atoms with Crippen molar-refractivity contribution in [3.8, 4) is 0 Å². The molecule has 0 aliphatic heterocycles. The van der Waals surface area contributed by atoms with Gasteiger partial charge in [-0.05, 0) is 17.7 Å². The molecule has 1 N–H and O–H groups in total. The van der Waals surface area contributed by atoms with E-state index >= 15 is 0 Å². The Morgan fingerprint density at radius 3 is 2.26 bits per heavy atom. The molecule has 19 heavy (non-hydrogen) atoms. The smallest absolute Gasteiger partial charge is 0.225 e. The summed E-state index contributed by atoms with van der Waals surface area (Å²) in [6, 6.07) is 19.9. The number of para-hydroxylation sites is 1. The van der Waals surface area contributed by atoms with Gasteiger partial charge in [0.05, 0.1) is 0 Å². The first kappa shape index (κ1) is 13.7. The van der Waals surface area contributed by atoms with Crippen molar-refractivity contribution in [1.82, 2.24) is 0 Å². The van der Waals surface area contributed by atoms with Gasteiger partial charge in [-0.25, -0.2) is 0 Å². The maximum Gasteiger partial charge on any atom is 0.225 e. The fourth-order valence-corrected chi connectivity index (χ4v) is 2.58. The molecule has 1 amide bonds. The van der Waals surface area contributed by atoms with Crippen LogP contribution >= 0.6 is 11.8 Å². The van der Waals surface area contributed by atoms with E-state index in [2.05, 4.69) is 17.4 Å². The Hall–Kier alpha value is -1.74. The van der Waals surface area contributed by atoms with Crippen molar-refractivity contribution >= 4 is 23.4 Å². The van der Waals surface area contributed by atoms with E-state index in [0.717, 1.165) is 17.2 Å². The van der Waals surface area contributed by atoms with Crippen molar-refractivity contribution in [3.63, 3.8) is 0 Å². The summed E-state index contributed by atoms with van der Waals surface area (Å²) in [5.74, 6) is 1.87. The van der Waals surface area contributed by atoms with E-state index in [0.29, 0.717) is 6.42 Å². The molecule has 0 radical (unpaired) electrons. The minimum atomic E-state index is 0.0757. The third-order valence-corrected chi connectivity index (χ3v) is 3.67. The number of thioether (sulfide) groups is 1. The molecule has 0 aliphatic carbocycles. The molecule has 0 aliphatic rings. The number of hydrogen-bond acceptors (Lipinski definition) is 2. The molecule has 0 unspecified atom stereocenters. The minimum Gasteiger partial charge on any atom is -0.326 e. The lowest BCUT2D eigenvalue weighted by Gasteiger charge is -2.05. The summed E-state index contributed by atoms with van der Waals surface area (Å²) in [6.07, 6.45) is 0.548. The van der Waals surface area contributed by atoms with E-state index < -0.39 is 0 Å². The molecular weight excluding hydrogens is 254 g/mol. The maximum atomic E-state index is 11.7. The first-order chi connectivity index (χ1) is 9.34. The van der Waals surface area contributed by atoms with Gasteiger partial charge in [0, 0.05) is 23.6 Å². The lowest BCUT2D eigenvalue weighted by molar-refractivity contribution is -0.115. The second-order valence-electron chi connectivity index (χ2n) is 4.20. The molecule has 0 saturated heterocycles. The van der Waals surface area contributed by atoms with Crippen molar-refractivity contribution in [3.05, 3.63) is 66.2 Å². The predicted molar refractivity (Wildman–Crippen MR) is 82.3 cm³/mol. The van der Waals surface area contributed by atoms with Crippen LogP contribution in [0.3, 0.4) is 0 Å². The van der Waals surface area contributed by atoms with Crippen LogP contribution in [0.1, 0.15) is 12.0 Å². The van der Waals surface area contributed by atoms with E-state index in [1.54, 1.807) is 11.8 Å². The van der Waals surface area contributed by atoms with Gasteiger partial charge in [0.1, 0.15) is 0 Å². The van der Waals surface area contributed by atoms with Crippen LogP contribution in [0.2, 0.25) is 0 Å². The Morgan fingerprint density at radius 2 is 1.58 bits per heavy atom. The molecule has 2 aromatic rings. The van der Waals surface area contributed by atoms with Crippen LogP contribution in [0.25, 0.3) is 0 Å². The second kappa shape index (κ2) is 7.64. The predicted octanol–water partition coefficient (Wildman–Crippen LogP) is 3.95. The van der Waals surface area contributed by atoms with Crippen LogP contribution in [-0.2, 0) is 10.5 Å². The summed E-state index contributed by atoms with van der Waals surface area (Å²) in [6.45, 7) is 0. The molecule has 0 atom stereocenters. The van der Waals surface area contributed by atoms with Gasteiger partial charge < -0.3 is 5.32 Å². The molecular formula is C16H17NOS. The third-order valence-electron chi connectivity index (χ3n) is 2.64. The molecule has 2 rings (SSSR count). The average Bonchev–Trinajstić information content (AvgIpc) is 2.46. The van der Waals surface area contributed by atoms with Crippen molar-refractivity contribution in [2.24, 2.45) is 0 Å². The quantitative estimate of drug-likeness (QED) is 0.806. The van der Waals surface area contributed by atoms with Gasteiger partial charge in [0.15, 0.2) is 0 Å². The zero-order valence-corrected chi connectivity index (χ0v) is 11.5. The zero-order chi connectivity index (χ0) is 13.3. The first-order valence-electron chi connectivity index (χ1n) is 6.31. The monoisotopic (exact) mass is 271 g/mol. The van der Waals surface area contributed by atoms with Crippen LogP contribution in [0.15, 0.2) is 60.7 Å².